The van der Waals surface area contributed by atoms with E-state index in [1.165, 1.54) is 18.9 Å². The van der Waals surface area contributed by atoms with Crippen LogP contribution in [0, 0.1) is 4.77 Å². The largest absolute Gasteiger partial charge is 0.493 e. The van der Waals surface area contributed by atoms with Crippen molar-refractivity contribution in [2.45, 2.75) is 0 Å². The van der Waals surface area contributed by atoms with Crippen molar-refractivity contribution in [2.24, 2.45) is 5.10 Å². The lowest BCUT2D eigenvalue weighted by molar-refractivity contribution is 0.324. The minimum atomic E-state index is 0.296. The molecule has 0 amide bonds. The number of nitrogens with one attached hydrogen (secondary N) is 1. The average Bonchev–Trinajstić information content (AvgIpc) is 3.20. The second-order valence-electron chi connectivity index (χ2n) is 6.25. The molecule has 0 aliphatic carbocycles. The van der Waals surface area contributed by atoms with E-state index in [1.807, 2.05) is 0 Å². The maximum absolute atomic E-state index is 5.51. The van der Waals surface area contributed by atoms with Gasteiger partial charge in [0, 0.05) is 11.1 Å². The van der Waals surface area contributed by atoms with Crippen molar-refractivity contribution in [3.8, 4) is 45.9 Å². The molecule has 32 heavy (non-hydrogen) atoms. The SMILES string of the molecule is COc1cc(-c2n[nH]c(=S)n2/N=C/c2ccc(OC)c(OC)c2OC)cc(OC)c1OC. The summed E-state index contributed by atoms with van der Waals surface area (Å²) < 4.78 is 34.3. The third kappa shape index (κ3) is 4.19. The van der Waals surface area contributed by atoms with Crippen LogP contribution in [0.2, 0.25) is 0 Å². The van der Waals surface area contributed by atoms with Gasteiger partial charge in [0.1, 0.15) is 0 Å². The van der Waals surface area contributed by atoms with Crippen LogP contribution in [0.4, 0.5) is 0 Å². The first-order chi connectivity index (χ1) is 15.5. The Morgan fingerprint density at radius 1 is 0.812 bits per heavy atom. The van der Waals surface area contributed by atoms with Gasteiger partial charge in [-0.15, -0.1) is 0 Å². The fourth-order valence-corrected chi connectivity index (χ4v) is 3.32. The van der Waals surface area contributed by atoms with Gasteiger partial charge in [-0.1, -0.05) is 0 Å². The molecule has 0 spiro atoms. The monoisotopic (exact) mass is 460 g/mol. The Balaban J connectivity index is 2.11. The number of hydrogen-bond acceptors (Lipinski definition) is 9. The Morgan fingerprint density at radius 3 is 1.94 bits per heavy atom. The van der Waals surface area contributed by atoms with Gasteiger partial charge in [-0.05, 0) is 36.5 Å². The normalized spacial score (nSPS) is 10.8. The van der Waals surface area contributed by atoms with Gasteiger partial charge in [0.05, 0.1) is 48.9 Å². The van der Waals surface area contributed by atoms with Crippen molar-refractivity contribution in [3.05, 3.63) is 34.6 Å². The Morgan fingerprint density at radius 2 is 1.41 bits per heavy atom. The summed E-state index contributed by atoms with van der Waals surface area (Å²) in [6, 6.07) is 7.08. The lowest BCUT2D eigenvalue weighted by atomic mass is 10.1. The maximum atomic E-state index is 5.51. The molecule has 0 fully saturated rings. The zero-order valence-electron chi connectivity index (χ0n) is 18.6. The third-order valence-electron chi connectivity index (χ3n) is 4.62. The summed E-state index contributed by atoms with van der Waals surface area (Å²) in [7, 11) is 9.26. The Bertz CT molecular complexity index is 1160. The minimum absolute atomic E-state index is 0.296. The molecule has 0 aliphatic rings. The van der Waals surface area contributed by atoms with Crippen LogP contribution in [0.5, 0.6) is 34.5 Å². The maximum Gasteiger partial charge on any atom is 0.216 e. The first kappa shape index (κ1) is 22.9. The molecule has 10 nitrogen and oxygen atoms in total. The summed E-state index contributed by atoms with van der Waals surface area (Å²) in [5, 5.41) is 11.6. The van der Waals surface area contributed by atoms with Crippen molar-refractivity contribution in [1.82, 2.24) is 14.9 Å². The summed E-state index contributed by atoms with van der Waals surface area (Å²) >= 11 is 5.38. The van der Waals surface area contributed by atoms with Crippen LogP contribution in [0.15, 0.2) is 29.4 Å². The van der Waals surface area contributed by atoms with E-state index in [4.69, 9.17) is 40.6 Å². The van der Waals surface area contributed by atoms with E-state index in [1.54, 1.807) is 58.9 Å². The molecule has 0 saturated carbocycles. The summed E-state index contributed by atoms with van der Waals surface area (Å²) in [5.41, 5.74) is 1.31. The van der Waals surface area contributed by atoms with Crippen molar-refractivity contribution >= 4 is 18.4 Å². The highest BCUT2D eigenvalue weighted by Gasteiger charge is 2.18. The highest BCUT2D eigenvalue weighted by molar-refractivity contribution is 7.71. The van der Waals surface area contributed by atoms with Crippen molar-refractivity contribution < 1.29 is 28.4 Å². The van der Waals surface area contributed by atoms with E-state index >= 15 is 0 Å². The van der Waals surface area contributed by atoms with E-state index in [0.29, 0.717) is 56.2 Å². The van der Waals surface area contributed by atoms with Gasteiger partial charge >= 0.3 is 0 Å². The second-order valence-corrected chi connectivity index (χ2v) is 6.63. The van der Waals surface area contributed by atoms with Gasteiger partial charge in [-0.25, -0.2) is 5.10 Å². The summed E-state index contributed by atoms with van der Waals surface area (Å²) in [6.07, 6.45) is 1.59. The number of methoxy groups -OCH3 is 6. The molecular weight excluding hydrogens is 436 g/mol. The zero-order chi connectivity index (χ0) is 23.3. The number of rotatable bonds is 9. The molecule has 170 valence electrons. The minimum Gasteiger partial charge on any atom is -0.493 e. The molecule has 0 saturated heterocycles. The second kappa shape index (κ2) is 10.1. The Kier molecular flexibility index (Phi) is 7.21. The van der Waals surface area contributed by atoms with E-state index in [9.17, 15) is 0 Å². The predicted molar refractivity (Wildman–Crippen MR) is 122 cm³/mol. The number of benzene rings is 2. The number of ether oxygens (including phenoxy) is 6. The lowest BCUT2D eigenvalue weighted by Crippen LogP contribution is -2.01. The number of nitrogens with zero attached hydrogens (tertiary/aromatic N) is 3. The van der Waals surface area contributed by atoms with Crippen LogP contribution in [-0.4, -0.2) is 63.7 Å². The van der Waals surface area contributed by atoms with Crippen molar-refractivity contribution in [1.29, 1.82) is 0 Å². The van der Waals surface area contributed by atoms with Crippen LogP contribution < -0.4 is 28.4 Å². The molecule has 3 rings (SSSR count). The van der Waals surface area contributed by atoms with Gasteiger partial charge in [0.15, 0.2) is 28.8 Å². The quantitative estimate of drug-likeness (QED) is 0.382. The highest BCUT2D eigenvalue weighted by atomic mass is 32.1. The predicted octanol–water partition coefficient (Wildman–Crippen LogP) is 3.54. The smallest absolute Gasteiger partial charge is 0.216 e. The Hall–Kier alpha value is -3.73. The van der Waals surface area contributed by atoms with Gasteiger partial charge in [-0.2, -0.15) is 14.9 Å². The van der Waals surface area contributed by atoms with Crippen LogP contribution in [0.3, 0.4) is 0 Å². The van der Waals surface area contributed by atoms with Crippen LogP contribution in [-0.2, 0) is 0 Å². The molecule has 0 unspecified atom stereocenters. The van der Waals surface area contributed by atoms with Crippen LogP contribution in [0.1, 0.15) is 5.56 Å². The van der Waals surface area contributed by atoms with Crippen LogP contribution >= 0.6 is 12.2 Å². The standard InChI is InChI=1S/C21H24N4O6S/c1-26-14-8-7-12(17(29-4)19(14)31-6)11-22-25-20(23-24-21(25)32)13-9-15(27-2)18(30-5)16(10-13)28-3/h7-11H,1-6H3,(H,24,32)/b22-11+. The van der Waals surface area contributed by atoms with Gasteiger partial charge in [-0.3, -0.25) is 0 Å². The topological polar surface area (TPSA) is 101 Å². The molecule has 1 aromatic heterocycles. The first-order valence-corrected chi connectivity index (χ1v) is 9.74. The number of aromatic nitrogens is 3. The molecule has 11 heteroatoms. The number of aromatic amines is 1. The molecule has 1 N–H and O–H groups in total. The Labute approximate surface area is 190 Å². The zero-order valence-corrected chi connectivity index (χ0v) is 19.4. The lowest BCUT2D eigenvalue weighted by Gasteiger charge is -2.14. The highest BCUT2D eigenvalue weighted by Crippen LogP contribution is 2.41. The molecule has 0 atom stereocenters. The van der Waals surface area contributed by atoms with Gasteiger partial charge in [0.2, 0.25) is 16.3 Å². The summed E-state index contributed by atoms with van der Waals surface area (Å²) in [6.45, 7) is 0. The van der Waals surface area contributed by atoms with E-state index in [-0.39, 0.29) is 0 Å². The number of hydrogen-bond donors (Lipinski definition) is 1. The molecule has 2 aromatic carbocycles. The molecular formula is C21H24N4O6S. The molecule has 0 radical (unpaired) electrons. The molecule has 0 aliphatic heterocycles. The molecule has 0 bridgehead atoms. The van der Waals surface area contributed by atoms with Gasteiger partial charge < -0.3 is 28.4 Å². The summed E-state index contributed by atoms with van der Waals surface area (Å²) in [5.74, 6) is 3.35. The van der Waals surface area contributed by atoms with Crippen LogP contribution in [0.25, 0.3) is 11.4 Å². The van der Waals surface area contributed by atoms with Crippen molar-refractivity contribution in [3.63, 3.8) is 0 Å². The fraction of sp³-hybridized carbons (Fsp3) is 0.286. The first-order valence-electron chi connectivity index (χ1n) is 9.34. The summed E-state index contributed by atoms with van der Waals surface area (Å²) in [4.78, 5) is 0. The molecule has 1 heterocycles. The van der Waals surface area contributed by atoms with E-state index < -0.39 is 0 Å². The van der Waals surface area contributed by atoms with Gasteiger partial charge in [0.25, 0.3) is 0 Å². The molecule has 3 aromatic rings. The fourth-order valence-electron chi connectivity index (χ4n) is 3.14. The van der Waals surface area contributed by atoms with Crippen molar-refractivity contribution in [2.75, 3.05) is 42.7 Å². The third-order valence-corrected chi connectivity index (χ3v) is 4.88. The number of H-pyrrole nitrogens is 1. The van der Waals surface area contributed by atoms with E-state index in [0.717, 1.165) is 0 Å². The van der Waals surface area contributed by atoms with E-state index in [2.05, 4.69) is 15.3 Å². The average molecular weight is 461 g/mol.